The lowest BCUT2D eigenvalue weighted by Gasteiger charge is -2.38. The summed E-state index contributed by atoms with van der Waals surface area (Å²) in [5.74, 6) is 6.39. The summed E-state index contributed by atoms with van der Waals surface area (Å²) in [5, 5.41) is 0. The SMILES string of the molecule is C[C@H]1CCCC(C#C/C=C/CCCC/C=C/I)N1C(=O)OC(C)(C)C. The molecule has 3 nitrogen and oxygen atoms in total. The van der Waals surface area contributed by atoms with Crippen molar-refractivity contribution in [3.05, 3.63) is 22.3 Å². The quantitative estimate of drug-likeness (QED) is 0.278. The van der Waals surface area contributed by atoms with E-state index < -0.39 is 5.60 Å². The van der Waals surface area contributed by atoms with E-state index in [1.54, 1.807) is 0 Å². The average Bonchev–Trinajstić information content (AvgIpc) is 2.51. The summed E-state index contributed by atoms with van der Waals surface area (Å²) >= 11 is 2.25. The fourth-order valence-corrected chi connectivity index (χ4v) is 3.19. The number of nitrogens with zero attached hydrogens (tertiary/aromatic N) is 1. The summed E-state index contributed by atoms with van der Waals surface area (Å²) in [5.41, 5.74) is -0.474. The van der Waals surface area contributed by atoms with E-state index in [0.29, 0.717) is 0 Å². The van der Waals surface area contributed by atoms with Gasteiger partial charge in [-0.2, -0.15) is 0 Å². The zero-order chi connectivity index (χ0) is 18.7. The molecule has 25 heavy (non-hydrogen) atoms. The smallest absolute Gasteiger partial charge is 0.411 e. The normalized spacial score (nSPS) is 21.4. The Hall–Kier alpha value is -0.960. The molecule has 2 atom stereocenters. The first-order valence-corrected chi connectivity index (χ1v) is 10.5. The maximum Gasteiger partial charge on any atom is 0.411 e. The number of halogens is 1. The van der Waals surface area contributed by atoms with Crippen LogP contribution >= 0.6 is 22.6 Å². The number of amides is 1. The van der Waals surface area contributed by atoms with Crippen molar-refractivity contribution in [1.82, 2.24) is 4.90 Å². The second-order valence-corrected chi connectivity index (χ2v) is 8.24. The summed E-state index contributed by atoms with van der Waals surface area (Å²) in [7, 11) is 0. The van der Waals surface area contributed by atoms with Gasteiger partial charge in [-0.3, -0.25) is 4.90 Å². The van der Waals surface area contributed by atoms with Gasteiger partial charge < -0.3 is 4.74 Å². The number of carbonyl (C=O) groups excluding carboxylic acids is 1. The van der Waals surface area contributed by atoms with Crippen LogP contribution in [0.25, 0.3) is 0 Å². The van der Waals surface area contributed by atoms with Crippen LogP contribution in [-0.4, -0.2) is 28.7 Å². The van der Waals surface area contributed by atoms with E-state index >= 15 is 0 Å². The van der Waals surface area contributed by atoms with Gasteiger partial charge in [0.05, 0.1) is 6.04 Å². The van der Waals surface area contributed by atoms with Crippen LogP contribution in [0.15, 0.2) is 22.3 Å². The highest BCUT2D eigenvalue weighted by Crippen LogP contribution is 2.24. The lowest BCUT2D eigenvalue weighted by atomic mass is 9.97. The standard InChI is InChI=1S/C21H32INO2/c1-18-14-13-16-19(23(18)20(24)25-21(2,3)4)15-11-9-7-5-6-8-10-12-17-22/h7,9,12,17-19H,5-6,8,10,13-14,16H2,1-4H3/b9-7+,17-12+/t18-,19?/m0/s1. The molecule has 1 fully saturated rings. The molecule has 1 unspecified atom stereocenters. The fourth-order valence-electron chi connectivity index (χ4n) is 2.83. The Morgan fingerprint density at radius 2 is 1.92 bits per heavy atom. The molecule has 1 aliphatic heterocycles. The molecular formula is C21H32INO2. The highest BCUT2D eigenvalue weighted by Gasteiger charge is 2.33. The van der Waals surface area contributed by atoms with Gasteiger partial charge in [0.15, 0.2) is 0 Å². The van der Waals surface area contributed by atoms with E-state index in [1.807, 2.05) is 31.7 Å². The molecule has 0 N–H and O–H groups in total. The molecule has 140 valence electrons. The molecule has 0 saturated carbocycles. The highest BCUT2D eigenvalue weighted by atomic mass is 127. The first-order chi connectivity index (χ1) is 11.8. The molecule has 1 saturated heterocycles. The van der Waals surface area contributed by atoms with Gasteiger partial charge in [0.1, 0.15) is 5.60 Å². The zero-order valence-electron chi connectivity index (χ0n) is 16.1. The van der Waals surface area contributed by atoms with Gasteiger partial charge in [0.25, 0.3) is 0 Å². The molecule has 0 bridgehead atoms. The molecule has 0 radical (unpaired) electrons. The molecular weight excluding hydrogens is 425 g/mol. The molecule has 0 aliphatic carbocycles. The minimum atomic E-state index is -0.474. The van der Waals surface area contributed by atoms with Crippen LogP contribution in [0.3, 0.4) is 0 Å². The van der Waals surface area contributed by atoms with Crippen molar-refractivity contribution in [3.63, 3.8) is 0 Å². The topological polar surface area (TPSA) is 29.5 Å². The third kappa shape index (κ3) is 9.34. The first kappa shape index (κ1) is 22.1. The molecule has 0 aromatic heterocycles. The van der Waals surface area contributed by atoms with Crippen molar-refractivity contribution in [2.24, 2.45) is 0 Å². The minimum Gasteiger partial charge on any atom is -0.444 e. The van der Waals surface area contributed by atoms with Crippen molar-refractivity contribution < 1.29 is 9.53 Å². The van der Waals surface area contributed by atoms with Crippen molar-refractivity contribution >= 4 is 28.7 Å². The van der Waals surface area contributed by atoms with Crippen LogP contribution in [0, 0.1) is 11.8 Å². The number of rotatable bonds is 5. The Bertz CT molecular complexity index is 522. The van der Waals surface area contributed by atoms with Crippen LogP contribution in [-0.2, 0) is 4.74 Å². The number of hydrogen-bond acceptors (Lipinski definition) is 2. The van der Waals surface area contributed by atoms with Crippen LogP contribution in [0.1, 0.15) is 72.6 Å². The highest BCUT2D eigenvalue weighted by molar-refractivity contribution is 14.1. The number of hydrogen-bond donors (Lipinski definition) is 0. The number of allylic oxidation sites excluding steroid dienone is 3. The van der Waals surface area contributed by atoms with Crippen molar-refractivity contribution in [2.45, 2.75) is 90.3 Å². The predicted octanol–water partition coefficient (Wildman–Crippen LogP) is 6.23. The molecule has 1 heterocycles. The third-order valence-electron chi connectivity index (χ3n) is 4.05. The largest absolute Gasteiger partial charge is 0.444 e. The summed E-state index contributed by atoms with van der Waals surface area (Å²) < 4.78 is 7.63. The molecule has 0 aromatic rings. The van der Waals surface area contributed by atoms with E-state index in [9.17, 15) is 4.79 Å². The van der Waals surface area contributed by atoms with Crippen LogP contribution in [0.5, 0.6) is 0 Å². The summed E-state index contributed by atoms with van der Waals surface area (Å²) in [4.78, 5) is 14.3. The van der Waals surface area contributed by atoms with Crippen LogP contribution in [0.2, 0.25) is 0 Å². The Labute approximate surface area is 167 Å². The number of unbranched alkanes of at least 4 members (excludes halogenated alkanes) is 3. The number of carbonyl (C=O) groups is 1. The zero-order valence-corrected chi connectivity index (χ0v) is 18.2. The number of likely N-dealkylation sites (tertiary alicyclic amines) is 1. The van der Waals surface area contributed by atoms with Gasteiger partial charge in [0.2, 0.25) is 0 Å². The Balaban J connectivity index is 2.55. The second kappa shape index (κ2) is 11.6. The van der Waals surface area contributed by atoms with Crippen molar-refractivity contribution in [3.8, 4) is 11.8 Å². The predicted molar refractivity (Wildman–Crippen MR) is 114 cm³/mol. The Morgan fingerprint density at radius 3 is 2.56 bits per heavy atom. The summed E-state index contributed by atoms with van der Waals surface area (Å²) in [6.07, 6.45) is 13.7. The molecule has 4 heteroatoms. The molecule has 1 rings (SSSR count). The van der Waals surface area contributed by atoms with Gasteiger partial charge in [-0.05, 0) is 82.8 Å². The summed E-state index contributed by atoms with van der Waals surface area (Å²) in [6.45, 7) is 7.79. The van der Waals surface area contributed by atoms with Gasteiger partial charge in [0, 0.05) is 6.04 Å². The maximum atomic E-state index is 12.5. The van der Waals surface area contributed by atoms with Crippen LogP contribution in [0.4, 0.5) is 4.79 Å². The van der Waals surface area contributed by atoms with Crippen LogP contribution < -0.4 is 0 Å². The lowest BCUT2D eigenvalue weighted by molar-refractivity contribution is 0.00473. The van der Waals surface area contributed by atoms with Gasteiger partial charge in [-0.15, -0.1) is 0 Å². The first-order valence-electron chi connectivity index (χ1n) is 9.27. The number of piperidine rings is 1. The van der Waals surface area contributed by atoms with E-state index in [1.165, 1.54) is 12.8 Å². The average molecular weight is 457 g/mol. The van der Waals surface area contributed by atoms with Crippen molar-refractivity contribution in [1.29, 1.82) is 0 Å². The van der Waals surface area contributed by atoms with E-state index in [0.717, 1.165) is 32.1 Å². The molecule has 1 aliphatic rings. The van der Waals surface area contributed by atoms with E-state index in [2.05, 4.69) is 57.6 Å². The van der Waals surface area contributed by atoms with Crippen molar-refractivity contribution in [2.75, 3.05) is 0 Å². The lowest BCUT2D eigenvalue weighted by Crippen LogP contribution is -2.50. The molecule has 0 spiro atoms. The van der Waals surface area contributed by atoms with E-state index in [4.69, 9.17) is 4.74 Å². The van der Waals surface area contributed by atoms with Gasteiger partial charge >= 0.3 is 6.09 Å². The second-order valence-electron chi connectivity index (χ2n) is 7.52. The maximum absolute atomic E-state index is 12.5. The van der Waals surface area contributed by atoms with Gasteiger partial charge in [-0.25, -0.2) is 4.79 Å². The number of ether oxygens (including phenoxy) is 1. The summed E-state index contributed by atoms with van der Waals surface area (Å²) in [6, 6.07) is 0.134. The molecule has 0 aromatic carbocycles. The fraction of sp³-hybridized carbons (Fsp3) is 0.667. The Kier molecular flexibility index (Phi) is 10.3. The minimum absolute atomic E-state index is 0.0444. The monoisotopic (exact) mass is 457 g/mol. The van der Waals surface area contributed by atoms with Gasteiger partial charge in [-0.1, -0.05) is 46.6 Å². The Morgan fingerprint density at radius 1 is 1.24 bits per heavy atom. The van der Waals surface area contributed by atoms with E-state index in [-0.39, 0.29) is 18.2 Å². The molecule has 1 amide bonds. The third-order valence-corrected chi connectivity index (χ3v) is 4.55.